The average molecular weight is 300 g/mol. The molecule has 2 heteroatoms. The summed E-state index contributed by atoms with van der Waals surface area (Å²) in [6.45, 7) is 4.50. The van der Waals surface area contributed by atoms with Crippen molar-refractivity contribution in [2.75, 3.05) is 5.32 Å². The fourth-order valence-corrected chi connectivity index (χ4v) is 3.22. The zero-order valence-electron chi connectivity index (χ0n) is 12.6. The quantitative estimate of drug-likeness (QED) is 0.750. The molecule has 0 amide bonds. The van der Waals surface area contributed by atoms with Gasteiger partial charge in [0, 0.05) is 16.8 Å². The van der Waals surface area contributed by atoms with E-state index in [4.69, 9.17) is 11.6 Å². The lowest BCUT2D eigenvalue weighted by Gasteiger charge is -2.37. The Labute approximate surface area is 132 Å². The summed E-state index contributed by atoms with van der Waals surface area (Å²) < 4.78 is 0. The predicted molar refractivity (Wildman–Crippen MR) is 91.4 cm³/mol. The minimum atomic E-state index is 0.556. The molecule has 0 aromatic heterocycles. The second-order valence-electron chi connectivity index (χ2n) is 6.30. The average Bonchev–Trinajstić information content (AvgIpc) is 2.44. The lowest BCUT2D eigenvalue weighted by atomic mass is 9.75. The molecule has 0 aliphatic heterocycles. The third-order valence-corrected chi connectivity index (χ3v) is 4.67. The van der Waals surface area contributed by atoms with Crippen molar-refractivity contribution in [3.63, 3.8) is 0 Å². The molecule has 21 heavy (non-hydrogen) atoms. The summed E-state index contributed by atoms with van der Waals surface area (Å²) in [7, 11) is 0. The molecule has 0 unspecified atom stereocenters. The van der Waals surface area contributed by atoms with Gasteiger partial charge in [0.25, 0.3) is 0 Å². The Hall–Kier alpha value is -1.47. The van der Waals surface area contributed by atoms with Crippen LogP contribution in [0.3, 0.4) is 0 Å². The molecule has 0 atom stereocenters. The molecule has 0 spiro atoms. The van der Waals surface area contributed by atoms with Crippen LogP contribution in [0.2, 0.25) is 5.02 Å². The Kier molecular flexibility index (Phi) is 4.21. The van der Waals surface area contributed by atoms with Gasteiger partial charge in [-0.15, -0.1) is 0 Å². The maximum Gasteiger partial charge on any atom is 0.0406 e. The molecule has 110 valence electrons. The number of para-hydroxylation sites is 1. The zero-order chi connectivity index (χ0) is 14.8. The Balaban J connectivity index is 1.61. The predicted octanol–water partition coefficient (Wildman–Crippen LogP) is 5.82. The number of hydrogen-bond acceptors (Lipinski definition) is 1. The summed E-state index contributed by atoms with van der Waals surface area (Å²) in [5.41, 5.74) is 4.12. The Morgan fingerprint density at radius 2 is 1.67 bits per heavy atom. The van der Waals surface area contributed by atoms with Gasteiger partial charge in [-0.25, -0.2) is 0 Å². The van der Waals surface area contributed by atoms with Crippen molar-refractivity contribution in [1.29, 1.82) is 0 Å². The standard InChI is InChI=1S/C19H22ClN/c1-13(2)18-5-3-4-6-19(18)21-17-11-15(12-17)14-7-9-16(20)10-8-14/h3-10,13,15,17,21H,11-12H2,1-2H3. The summed E-state index contributed by atoms with van der Waals surface area (Å²) in [4.78, 5) is 0. The fourth-order valence-electron chi connectivity index (χ4n) is 3.09. The van der Waals surface area contributed by atoms with E-state index in [1.54, 1.807) is 0 Å². The van der Waals surface area contributed by atoms with E-state index in [1.807, 2.05) is 12.1 Å². The Bertz CT molecular complexity index is 597. The van der Waals surface area contributed by atoms with E-state index in [9.17, 15) is 0 Å². The van der Waals surface area contributed by atoms with Gasteiger partial charge >= 0.3 is 0 Å². The summed E-state index contributed by atoms with van der Waals surface area (Å²) >= 11 is 5.95. The van der Waals surface area contributed by atoms with Crippen LogP contribution >= 0.6 is 11.6 Å². The van der Waals surface area contributed by atoms with Crippen molar-refractivity contribution in [1.82, 2.24) is 0 Å². The fraction of sp³-hybridized carbons (Fsp3) is 0.368. The lowest BCUT2D eigenvalue weighted by molar-refractivity contribution is 0.374. The van der Waals surface area contributed by atoms with Crippen LogP contribution in [-0.2, 0) is 0 Å². The van der Waals surface area contributed by atoms with Crippen LogP contribution in [0.1, 0.15) is 49.7 Å². The lowest BCUT2D eigenvalue weighted by Crippen LogP contribution is -2.34. The summed E-state index contributed by atoms with van der Waals surface area (Å²) in [5, 5.41) is 4.53. The molecule has 2 aromatic rings. The van der Waals surface area contributed by atoms with Crippen LogP contribution < -0.4 is 5.32 Å². The molecule has 0 saturated heterocycles. The number of benzene rings is 2. The zero-order valence-corrected chi connectivity index (χ0v) is 13.4. The van der Waals surface area contributed by atoms with Crippen molar-refractivity contribution < 1.29 is 0 Å². The van der Waals surface area contributed by atoms with Crippen LogP contribution in [0.5, 0.6) is 0 Å². The molecule has 1 fully saturated rings. The largest absolute Gasteiger partial charge is 0.382 e. The smallest absolute Gasteiger partial charge is 0.0406 e. The molecular weight excluding hydrogens is 278 g/mol. The first-order chi connectivity index (χ1) is 10.1. The molecule has 0 bridgehead atoms. The first-order valence-electron chi connectivity index (χ1n) is 7.74. The van der Waals surface area contributed by atoms with Crippen LogP contribution in [0.25, 0.3) is 0 Å². The minimum absolute atomic E-state index is 0.556. The van der Waals surface area contributed by atoms with Crippen LogP contribution in [-0.4, -0.2) is 6.04 Å². The second-order valence-corrected chi connectivity index (χ2v) is 6.74. The van der Waals surface area contributed by atoms with Gasteiger partial charge in [-0.3, -0.25) is 0 Å². The van der Waals surface area contributed by atoms with Crippen molar-refractivity contribution in [3.8, 4) is 0 Å². The van der Waals surface area contributed by atoms with Crippen molar-refractivity contribution in [2.24, 2.45) is 0 Å². The van der Waals surface area contributed by atoms with Crippen molar-refractivity contribution in [3.05, 3.63) is 64.7 Å². The van der Waals surface area contributed by atoms with E-state index >= 15 is 0 Å². The summed E-state index contributed by atoms with van der Waals surface area (Å²) in [6.07, 6.45) is 2.40. The van der Waals surface area contributed by atoms with Crippen LogP contribution in [0.4, 0.5) is 5.69 Å². The van der Waals surface area contributed by atoms with E-state index in [1.165, 1.54) is 29.7 Å². The van der Waals surface area contributed by atoms with Gasteiger partial charge < -0.3 is 5.32 Å². The van der Waals surface area contributed by atoms with E-state index in [-0.39, 0.29) is 0 Å². The molecule has 2 aromatic carbocycles. The van der Waals surface area contributed by atoms with Gasteiger partial charge in [-0.1, -0.05) is 55.8 Å². The van der Waals surface area contributed by atoms with Crippen LogP contribution in [0.15, 0.2) is 48.5 Å². The third kappa shape index (κ3) is 3.24. The highest BCUT2D eigenvalue weighted by atomic mass is 35.5. The molecule has 1 saturated carbocycles. The van der Waals surface area contributed by atoms with Crippen molar-refractivity contribution >= 4 is 17.3 Å². The highest BCUT2D eigenvalue weighted by molar-refractivity contribution is 6.30. The number of anilines is 1. The van der Waals surface area contributed by atoms with Gasteiger partial charge in [0.05, 0.1) is 0 Å². The normalized spacial score (nSPS) is 21.1. The van der Waals surface area contributed by atoms with E-state index in [2.05, 4.69) is 55.6 Å². The SMILES string of the molecule is CC(C)c1ccccc1NC1CC(c2ccc(Cl)cc2)C1. The van der Waals surface area contributed by atoms with E-state index < -0.39 is 0 Å². The van der Waals surface area contributed by atoms with E-state index in [0.29, 0.717) is 17.9 Å². The van der Waals surface area contributed by atoms with E-state index in [0.717, 1.165) is 5.02 Å². The number of halogens is 1. The number of hydrogen-bond donors (Lipinski definition) is 1. The minimum Gasteiger partial charge on any atom is -0.382 e. The Morgan fingerprint density at radius 1 is 1.00 bits per heavy atom. The molecule has 1 nitrogen and oxygen atoms in total. The van der Waals surface area contributed by atoms with Gasteiger partial charge in [0.15, 0.2) is 0 Å². The first-order valence-corrected chi connectivity index (χ1v) is 8.12. The first kappa shape index (κ1) is 14.5. The van der Waals surface area contributed by atoms with Gasteiger partial charge in [0.1, 0.15) is 0 Å². The molecule has 1 aliphatic rings. The second kappa shape index (κ2) is 6.11. The molecular formula is C19H22ClN. The highest BCUT2D eigenvalue weighted by Crippen LogP contribution is 2.39. The third-order valence-electron chi connectivity index (χ3n) is 4.42. The number of rotatable bonds is 4. The summed E-state index contributed by atoms with van der Waals surface area (Å²) in [5.74, 6) is 1.23. The molecule has 0 heterocycles. The van der Waals surface area contributed by atoms with Crippen molar-refractivity contribution in [2.45, 2.75) is 44.6 Å². The van der Waals surface area contributed by atoms with Crippen LogP contribution in [0, 0.1) is 0 Å². The molecule has 0 radical (unpaired) electrons. The van der Waals surface area contributed by atoms with Gasteiger partial charge in [0.2, 0.25) is 0 Å². The number of nitrogens with one attached hydrogen (secondary N) is 1. The summed E-state index contributed by atoms with van der Waals surface area (Å²) in [6, 6.07) is 17.5. The van der Waals surface area contributed by atoms with Gasteiger partial charge in [-0.05, 0) is 54.0 Å². The maximum absolute atomic E-state index is 5.95. The monoisotopic (exact) mass is 299 g/mol. The maximum atomic E-state index is 5.95. The molecule has 1 N–H and O–H groups in total. The van der Waals surface area contributed by atoms with Gasteiger partial charge in [-0.2, -0.15) is 0 Å². The topological polar surface area (TPSA) is 12.0 Å². The Morgan fingerprint density at radius 3 is 2.33 bits per heavy atom. The highest BCUT2D eigenvalue weighted by Gasteiger charge is 2.30. The molecule has 3 rings (SSSR count). The molecule has 1 aliphatic carbocycles.